The van der Waals surface area contributed by atoms with E-state index >= 15 is 0 Å². The minimum Gasteiger partial charge on any atom is -0.0856 e. The smallest absolute Gasteiger partial charge is 0.0295 e. The van der Waals surface area contributed by atoms with Crippen LogP contribution in [0.5, 0.6) is 0 Å². The predicted octanol–water partition coefficient (Wildman–Crippen LogP) is 12.0. The number of hydrogen-bond donors (Lipinski definition) is 0. The van der Waals surface area contributed by atoms with E-state index in [1.165, 1.54) is 154 Å². The van der Waals surface area contributed by atoms with Crippen LogP contribution >= 0.6 is 0 Å². The van der Waals surface area contributed by atoms with E-state index in [0.717, 1.165) is 5.92 Å². The zero-order valence-corrected chi connectivity index (χ0v) is 22.6. The van der Waals surface area contributed by atoms with Gasteiger partial charge < -0.3 is 0 Å². The zero-order chi connectivity index (χ0) is 22.8. The van der Waals surface area contributed by atoms with E-state index in [2.05, 4.69) is 33.8 Å². The Labute approximate surface area is 199 Å². The summed E-state index contributed by atoms with van der Waals surface area (Å²) in [5.74, 6) is 0.950. The summed E-state index contributed by atoms with van der Waals surface area (Å²) in [5.41, 5.74) is 1.65. The van der Waals surface area contributed by atoms with E-state index in [0.29, 0.717) is 0 Å². The third-order valence-corrected chi connectivity index (χ3v) is 7.07. The van der Waals surface area contributed by atoms with Crippen LogP contribution in [0.15, 0.2) is 11.6 Å². The van der Waals surface area contributed by atoms with Crippen LogP contribution in [0.4, 0.5) is 0 Å². The fourth-order valence-corrected chi connectivity index (χ4v) is 4.94. The van der Waals surface area contributed by atoms with Crippen molar-refractivity contribution in [1.82, 2.24) is 0 Å². The lowest BCUT2D eigenvalue weighted by molar-refractivity contribution is 0.402. The Morgan fingerprint density at radius 3 is 1.26 bits per heavy atom. The van der Waals surface area contributed by atoms with Crippen LogP contribution < -0.4 is 0 Å². The Kier molecular flexibility index (Phi) is 25.8. The molecule has 1 unspecified atom stereocenters. The van der Waals surface area contributed by atoms with Crippen LogP contribution in [0.3, 0.4) is 0 Å². The molecule has 0 heteroatoms. The lowest BCUT2D eigenvalue weighted by Crippen LogP contribution is -2.02. The van der Waals surface area contributed by atoms with Gasteiger partial charge in [0.25, 0.3) is 0 Å². The SMILES string of the molecule is CCC/C=C(/C)CC(CCCCC)CCCCCCCCCCCCCCCCCC. The fourth-order valence-electron chi connectivity index (χ4n) is 4.94. The first kappa shape index (κ1) is 30.7. The molecule has 0 aromatic rings. The highest BCUT2D eigenvalue weighted by Gasteiger charge is 2.09. The molecule has 1 atom stereocenters. The molecule has 0 bridgehead atoms. The van der Waals surface area contributed by atoms with Gasteiger partial charge in [-0.05, 0) is 25.7 Å². The lowest BCUT2D eigenvalue weighted by Gasteiger charge is -2.17. The van der Waals surface area contributed by atoms with Gasteiger partial charge in [0.15, 0.2) is 0 Å². The molecule has 0 aliphatic heterocycles. The maximum absolute atomic E-state index is 2.50. The number of hydrogen-bond acceptors (Lipinski definition) is 0. The predicted molar refractivity (Wildman–Crippen MR) is 145 cm³/mol. The van der Waals surface area contributed by atoms with E-state index in [1.807, 2.05) is 0 Å². The molecule has 0 nitrogen and oxygen atoms in total. The summed E-state index contributed by atoms with van der Waals surface area (Å²) >= 11 is 0. The Bertz CT molecular complexity index is 353. The molecule has 31 heavy (non-hydrogen) atoms. The van der Waals surface area contributed by atoms with Crippen molar-refractivity contribution in [2.24, 2.45) is 5.92 Å². The number of allylic oxidation sites excluding steroid dienone is 2. The highest BCUT2D eigenvalue weighted by molar-refractivity contribution is 4.99. The van der Waals surface area contributed by atoms with Crippen molar-refractivity contribution in [1.29, 1.82) is 0 Å². The van der Waals surface area contributed by atoms with E-state index in [-0.39, 0.29) is 0 Å². The first-order chi connectivity index (χ1) is 15.2. The maximum Gasteiger partial charge on any atom is -0.0295 e. The third kappa shape index (κ3) is 24.2. The minimum atomic E-state index is 0.950. The zero-order valence-electron chi connectivity index (χ0n) is 22.6. The second-order valence-electron chi connectivity index (χ2n) is 10.5. The molecule has 0 amide bonds. The summed E-state index contributed by atoms with van der Waals surface area (Å²) in [4.78, 5) is 0. The summed E-state index contributed by atoms with van der Waals surface area (Å²) < 4.78 is 0. The molecule has 0 spiro atoms. The number of unbranched alkanes of at least 4 members (excludes halogenated alkanes) is 18. The van der Waals surface area contributed by atoms with Crippen molar-refractivity contribution in [3.63, 3.8) is 0 Å². The van der Waals surface area contributed by atoms with Crippen LogP contribution in [-0.4, -0.2) is 0 Å². The van der Waals surface area contributed by atoms with Gasteiger partial charge in [0.05, 0.1) is 0 Å². The second kappa shape index (κ2) is 26.0. The lowest BCUT2D eigenvalue weighted by atomic mass is 9.89. The molecule has 0 aliphatic carbocycles. The molecular weight excluding hydrogens is 372 g/mol. The van der Waals surface area contributed by atoms with Gasteiger partial charge in [0.1, 0.15) is 0 Å². The Morgan fingerprint density at radius 1 is 0.484 bits per heavy atom. The summed E-state index contributed by atoms with van der Waals surface area (Å²) in [5, 5.41) is 0. The van der Waals surface area contributed by atoms with E-state index in [1.54, 1.807) is 5.57 Å². The molecule has 0 aromatic heterocycles. The largest absolute Gasteiger partial charge is 0.0856 e. The minimum absolute atomic E-state index is 0.950. The normalized spacial score (nSPS) is 13.1. The van der Waals surface area contributed by atoms with Gasteiger partial charge in [0.2, 0.25) is 0 Å². The molecule has 0 saturated carbocycles. The van der Waals surface area contributed by atoms with Crippen molar-refractivity contribution >= 4 is 0 Å². The van der Waals surface area contributed by atoms with E-state index in [4.69, 9.17) is 0 Å². The van der Waals surface area contributed by atoms with Gasteiger partial charge in [-0.3, -0.25) is 0 Å². The van der Waals surface area contributed by atoms with Gasteiger partial charge in [-0.2, -0.15) is 0 Å². The molecule has 0 radical (unpaired) electrons. The van der Waals surface area contributed by atoms with Crippen molar-refractivity contribution in [3.05, 3.63) is 11.6 Å². The Balaban J connectivity index is 3.56. The second-order valence-corrected chi connectivity index (χ2v) is 10.5. The van der Waals surface area contributed by atoms with Crippen LogP contribution in [0.2, 0.25) is 0 Å². The molecule has 0 aromatic carbocycles. The Morgan fingerprint density at radius 2 is 0.839 bits per heavy atom. The summed E-state index contributed by atoms with van der Waals surface area (Å²) in [6.07, 6.45) is 37.1. The van der Waals surface area contributed by atoms with Gasteiger partial charge >= 0.3 is 0 Å². The van der Waals surface area contributed by atoms with Gasteiger partial charge in [-0.15, -0.1) is 0 Å². The third-order valence-electron chi connectivity index (χ3n) is 7.07. The highest BCUT2D eigenvalue weighted by atomic mass is 14.1. The average molecular weight is 435 g/mol. The molecule has 0 saturated heterocycles. The highest BCUT2D eigenvalue weighted by Crippen LogP contribution is 2.25. The van der Waals surface area contributed by atoms with E-state index in [9.17, 15) is 0 Å². The van der Waals surface area contributed by atoms with Gasteiger partial charge in [-0.1, -0.05) is 174 Å². The molecule has 0 rings (SSSR count). The van der Waals surface area contributed by atoms with Crippen molar-refractivity contribution in [2.75, 3.05) is 0 Å². The summed E-state index contributed by atoms with van der Waals surface area (Å²) in [6, 6.07) is 0. The first-order valence-electron chi connectivity index (χ1n) is 14.9. The summed E-state index contributed by atoms with van der Waals surface area (Å²) in [7, 11) is 0. The Hall–Kier alpha value is -0.260. The van der Waals surface area contributed by atoms with Crippen molar-refractivity contribution in [2.45, 2.75) is 182 Å². The quantitative estimate of drug-likeness (QED) is 0.0989. The molecule has 186 valence electrons. The standard InChI is InChI=1S/C31H62/c1-5-8-11-12-13-14-15-16-17-18-19-20-21-22-23-25-28-31(27-24-9-6-2)29-30(4)26-10-7-3/h26,31H,5-25,27-29H2,1-4H3/b30-26-. The van der Waals surface area contributed by atoms with Crippen LogP contribution in [0, 0.1) is 5.92 Å². The van der Waals surface area contributed by atoms with Gasteiger partial charge in [-0.25, -0.2) is 0 Å². The molecule has 0 heterocycles. The van der Waals surface area contributed by atoms with E-state index < -0.39 is 0 Å². The van der Waals surface area contributed by atoms with Gasteiger partial charge in [0, 0.05) is 0 Å². The van der Waals surface area contributed by atoms with Crippen LogP contribution in [-0.2, 0) is 0 Å². The molecule has 0 N–H and O–H groups in total. The van der Waals surface area contributed by atoms with Crippen LogP contribution in [0.1, 0.15) is 182 Å². The molecule has 0 fully saturated rings. The number of rotatable bonds is 25. The first-order valence-corrected chi connectivity index (χ1v) is 14.9. The topological polar surface area (TPSA) is 0 Å². The maximum atomic E-state index is 2.50. The van der Waals surface area contributed by atoms with Crippen molar-refractivity contribution in [3.8, 4) is 0 Å². The fraction of sp³-hybridized carbons (Fsp3) is 0.935. The van der Waals surface area contributed by atoms with Crippen LogP contribution in [0.25, 0.3) is 0 Å². The average Bonchev–Trinajstić information content (AvgIpc) is 2.77. The summed E-state index contributed by atoms with van der Waals surface area (Å²) in [6.45, 7) is 9.30. The molecule has 0 aliphatic rings. The monoisotopic (exact) mass is 434 g/mol. The molecular formula is C31H62. The van der Waals surface area contributed by atoms with Crippen molar-refractivity contribution < 1.29 is 0 Å².